The quantitative estimate of drug-likeness (QED) is 0.339. The molecule has 0 unspecified atom stereocenters. The summed E-state index contributed by atoms with van der Waals surface area (Å²) in [5.74, 6) is 0.689. The van der Waals surface area contributed by atoms with Crippen molar-refractivity contribution in [1.29, 1.82) is 0 Å². The third-order valence-electron chi connectivity index (χ3n) is 5.05. The molecular formula is C25H18ClN3O2S. The van der Waals surface area contributed by atoms with Gasteiger partial charge in [0.25, 0.3) is 0 Å². The van der Waals surface area contributed by atoms with E-state index in [1.807, 2.05) is 72.8 Å². The summed E-state index contributed by atoms with van der Waals surface area (Å²) < 4.78 is 5.42. The van der Waals surface area contributed by atoms with Gasteiger partial charge in [-0.3, -0.25) is 0 Å². The van der Waals surface area contributed by atoms with Crippen LogP contribution in [-0.4, -0.2) is 22.9 Å². The fourth-order valence-corrected chi connectivity index (χ4v) is 4.50. The van der Waals surface area contributed by atoms with E-state index in [0.29, 0.717) is 15.0 Å². The molecule has 158 valence electrons. The van der Waals surface area contributed by atoms with Crippen molar-refractivity contribution in [1.82, 2.24) is 4.98 Å². The Hall–Kier alpha value is -3.61. The lowest BCUT2D eigenvalue weighted by Gasteiger charge is -2.07. The zero-order chi connectivity index (χ0) is 22.1. The minimum Gasteiger partial charge on any atom is -0.497 e. The van der Waals surface area contributed by atoms with Crippen LogP contribution in [-0.2, 0) is 0 Å². The molecule has 0 fully saturated rings. The van der Waals surface area contributed by atoms with Crippen LogP contribution in [0.2, 0.25) is 5.02 Å². The highest BCUT2D eigenvalue weighted by Crippen LogP contribution is 2.42. The number of ether oxygens (including phenoxy) is 1. The van der Waals surface area contributed by atoms with Crippen LogP contribution < -0.4 is 10.1 Å². The largest absolute Gasteiger partial charge is 0.497 e. The summed E-state index contributed by atoms with van der Waals surface area (Å²) in [6.07, 6.45) is 1.92. The topological polar surface area (TPSA) is 66.7 Å². The highest BCUT2D eigenvalue weighted by Gasteiger charge is 2.24. The number of rotatable bonds is 5. The lowest BCUT2D eigenvalue weighted by atomic mass is 9.97. The Morgan fingerprint density at radius 2 is 1.81 bits per heavy atom. The van der Waals surface area contributed by atoms with Gasteiger partial charge in [-0.25, -0.2) is 4.99 Å². The summed E-state index contributed by atoms with van der Waals surface area (Å²) in [6, 6.07) is 23.2. The maximum absolute atomic E-state index is 10.6. The molecule has 5 nitrogen and oxygen atoms in total. The molecule has 1 aliphatic heterocycles. The number of hydrogen-bond donors (Lipinski definition) is 2. The molecule has 0 saturated carbocycles. The second kappa shape index (κ2) is 8.49. The number of aliphatic imine (C=N–C) groups is 1. The van der Waals surface area contributed by atoms with Gasteiger partial charge in [0.2, 0.25) is 5.88 Å². The van der Waals surface area contributed by atoms with Gasteiger partial charge in [0.1, 0.15) is 5.75 Å². The lowest BCUT2D eigenvalue weighted by molar-refractivity contribution is 0.415. The number of halogens is 1. The summed E-state index contributed by atoms with van der Waals surface area (Å²) in [6.45, 7) is 0. The number of thiazole rings is 1. The summed E-state index contributed by atoms with van der Waals surface area (Å²) in [5, 5.41) is 14.9. The standard InChI is InChI=1S/C25H18ClN3O2S/c1-31-16-11-12-20-17(13-16)18(23(27-20)15-7-3-2-4-8-15)14-22-24(30)29-25(32-22)28-21-10-6-5-9-19(21)26/h2-14,30H,1H3,(H,28,29). The zero-order valence-corrected chi connectivity index (χ0v) is 18.6. The van der Waals surface area contributed by atoms with Gasteiger partial charge >= 0.3 is 0 Å². The van der Waals surface area contributed by atoms with Crippen molar-refractivity contribution in [3.8, 4) is 11.6 Å². The Kier molecular flexibility index (Phi) is 5.39. The average Bonchev–Trinajstić information content (AvgIpc) is 3.35. The Bertz CT molecular complexity index is 1360. The Balaban J connectivity index is 1.58. The number of fused-ring (bicyclic) bond motifs is 1. The van der Waals surface area contributed by atoms with Crippen molar-refractivity contribution >= 4 is 56.8 Å². The minimum atomic E-state index is -0.0548. The molecule has 0 saturated heterocycles. The normalized spacial score (nSPS) is 13.7. The van der Waals surface area contributed by atoms with Crippen LogP contribution in [0.3, 0.4) is 0 Å². The SMILES string of the molecule is COc1ccc2c(c1)C(=Cc1sc(Nc3ccccc3Cl)nc1O)C(c1ccccc1)=N2. The van der Waals surface area contributed by atoms with Crippen molar-refractivity contribution in [2.45, 2.75) is 0 Å². The first-order chi connectivity index (χ1) is 15.6. The van der Waals surface area contributed by atoms with Crippen LogP contribution in [0.1, 0.15) is 16.0 Å². The molecule has 2 N–H and O–H groups in total. The molecule has 0 radical (unpaired) electrons. The molecular weight excluding hydrogens is 442 g/mol. The fourth-order valence-electron chi connectivity index (χ4n) is 3.51. The number of para-hydroxylation sites is 1. The van der Waals surface area contributed by atoms with Crippen LogP contribution >= 0.6 is 22.9 Å². The number of allylic oxidation sites excluding steroid dienone is 1. The van der Waals surface area contributed by atoms with Gasteiger partial charge in [-0.1, -0.05) is 65.4 Å². The molecule has 0 bridgehead atoms. The first-order valence-electron chi connectivity index (χ1n) is 9.88. The second-order valence-corrected chi connectivity index (χ2v) is 8.52. The van der Waals surface area contributed by atoms with Crippen LogP contribution in [0.4, 0.5) is 16.5 Å². The van der Waals surface area contributed by atoms with Gasteiger partial charge in [-0.2, -0.15) is 4.98 Å². The Morgan fingerprint density at radius 1 is 1.03 bits per heavy atom. The Morgan fingerprint density at radius 3 is 2.59 bits per heavy atom. The third kappa shape index (κ3) is 3.86. The number of nitrogens with zero attached hydrogens (tertiary/aromatic N) is 2. The Labute approximate surface area is 194 Å². The smallest absolute Gasteiger partial charge is 0.231 e. The van der Waals surface area contributed by atoms with E-state index in [1.54, 1.807) is 13.2 Å². The first-order valence-corrected chi connectivity index (χ1v) is 11.1. The molecule has 0 amide bonds. The van der Waals surface area contributed by atoms with E-state index in [0.717, 1.165) is 39.5 Å². The highest BCUT2D eigenvalue weighted by molar-refractivity contribution is 7.16. The van der Waals surface area contributed by atoms with Crippen molar-refractivity contribution in [3.05, 3.63) is 93.8 Å². The molecule has 32 heavy (non-hydrogen) atoms. The molecule has 7 heteroatoms. The molecule has 0 aliphatic carbocycles. The minimum absolute atomic E-state index is 0.0548. The van der Waals surface area contributed by atoms with Crippen LogP contribution in [0, 0.1) is 0 Å². The molecule has 0 atom stereocenters. The zero-order valence-electron chi connectivity index (χ0n) is 17.0. The second-order valence-electron chi connectivity index (χ2n) is 7.08. The van der Waals surface area contributed by atoms with Crippen molar-refractivity contribution in [3.63, 3.8) is 0 Å². The van der Waals surface area contributed by atoms with E-state index in [2.05, 4.69) is 10.3 Å². The van der Waals surface area contributed by atoms with Gasteiger partial charge in [0, 0.05) is 16.7 Å². The number of anilines is 2. The molecule has 5 rings (SSSR count). The molecule has 0 spiro atoms. The van der Waals surface area contributed by atoms with E-state index in [1.165, 1.54) is 11.3 Å². The van der Waals surface area contributed by atoms with Gasteiger partial charge in [-0.05, 0) is 36.4 Å². The number of aromatic nitrogens is 1. The van der Waals surface area contributed by atoms with E-state index >= 15 is 0 Å². The molecule has 1 aromatic heterocycles. The van der Waals surface area contributed by atoms with Crippen LogP contribution in [0.15, 0.2) is 77.8 Å². The third-order valence-corrected chi connectivity index (χ3v) is 6.29. The van der Waals surface area contributed by atoms with Crippen LogP contribution in [0.5, 0.6) is 11.6 Å². The number of benzene rings is 3. The summed E-state index contributed by atoms with van der Waals surface area (Å²) in [5.41, 5.74) is 5.25. The number of hydrogen-bond acceptors (Lipinski definition) is 6. The van der Waals surface area contributed by atoms with Crippen LogP contribution in [0.25, 0.3) is 11.6 Å². The molecule has 2 heterocycles. The van der Waals surface area contributed by atoms with E-state index in [-0.39, 0.29) is 5.88 Å². The monoisotopic (exact) mass is 459 g/mol. The fraction of sp³-hybridized carbons (Fsp3) is 0.0400. The molecule has 3 aromatic carbocycles. The van der Waals surface area contributed by atoms with E-state index in [9.17, 15) is 5.11 Å². The van der Waals surface area contributed by atoms with Crippen molar-refractivity contribution in [2.24, 2.45) is 4.99 Å². The number of aromatic hydroxyl groups is 1. The van der Waals surface area contributed by atoms with Crippen molar-refractivity contribution in [2.75, 3.05) is 12.4 Å². The molecule has 4 aromatic rings. The lowest BCUT2D eigenvalue weighted by Crippen LogP contribution is -1.99. The van der Waals surface area contributed by atoms with Gasteiger partial charge in [0.15, 0.2) is 5.13 Å². The highest BCUT2D eigenvalue weighted by atomic mass is 35.5. The summed E-state index contributed by atoms with van der Waals surface area (Å²) in [4.78, 5) is 9.74. The first kappa shape index (κ1) is 20.3. The maximum atomic E-state index is 10.6. The van der Waals surface area contributed by atoms with Gasteiger partial charge < -0.3 is 15.2 Å². The van der Waals surface area contributed by atoms with Gasteiger partial charge in [-0.15, -0.1) is 0 Å². The van der Waals surface area contributed by atoms with E-state index in [4.69, 9.17) is 21.3 Å². The van der Waals surface area contributed by atoms with Crippen molar-refractivity contribution < 1.29 is 9.84 Å². The molecule has 1 aliphatic rings. The van der Waals surface area contributed by atoms with Gasteiger partial charge in [0.05, 0.1) is 34.1 Å². The van der Waals surface area contributed by atoms with E-state index < -0.39 is 0 Å². The maximum Gasteiger partial charge on any atom is 0.231 e. The summed E-state index contributed by atoms with van der Waals surface area (Å²) in [7, 11) is 1.64. The number of methoxy groups -OCH3 is 1. The average molecular weight is 460 g/mol. The number of nitrogens with one attached hydrogen (secondary N) is 1. The predicted octanol–water partition coefficient (Wildman–Crippen LogP) is 6.93. The predicted molar refractivity (Wildman–Crippen MR) is 132 cm³/mol. The summed E-state index contributed by atoms with van der Waals surface area (Å²) >= 11 is 7.58.